The van der Waals surface area contributed by atoms with Crippen molar-refractivity contribution in [3.8, 4) is 0 Å². The standard InChI is InChI=1S/C6H4Cl2S.K/c7-4-1-2-6(9)5(8)3-4;/h1-3,9H;/q;+1/p-1. The van der Waals surface area contributed by atoms with Crippen LogP contribution in [0, 0.1) is 0 Å². The van der Waals surface area contributed by atoms with E-state index in [-0.39, 0.29) is 51.4 Å². The monoisotopic (exact) mass is 216 g/mol. The van der Waals surface area contributed by atoms with Gasteiger partial charge in [-0.25, -0.2) is 0 Å². The first kappa shape index (κ1) is 11.7. The van der Waals surface area contributed by atoms with Gasteiger partial charge >= 0.3 is 51.4 Å². The van der Waals surface area contributed by atoms with E-state index < -0.39 is 0 Å². The molecule has 0 saturated carbocycles. The molecule has 0 aliphatic heterocycles. The third-order valence-electron chi connectivity index (χ3n) is 0.894. The summed E-state index contributed by atoms with van der Waals surface area (Å²) in [5.41, 5.74) is 0. The Balaban J connectivity index is 0.000000810. The van der Waals surface area contributed by atoms with Gasteiger partial charge in [0.15, 0.2) is 0 Å². The Kier molecular flexibility index (Phi) is 6.21. The molecule has 0 radical (unpaired) electrons. The van der Waals surface area contributed by atoms with Crippen LogP contribution in [-0.2, 0) is 12.6 Å². The molecule has 1 rings (SSSR count). The first-order chi connectivity index (χ1) is 4.20. The summed E-state index contributed by atoms with van der Waals surface area (Å²) in [7, 11) is 0. The zero-order valence-corrected chi connectivity index (χ0v) is 10.8. The Bertz CT molecular complexity index is 227. The van der Waals surface area contributed by atoms with Gasteiger partial charge in [0.2, 0.25) is 0 Å². The average Bonchev–Trinajstić information content (AvgIpc) is 1.80. The second-order valence-corrected chi connectivity index (χ2v) is 2.86. The van der Waals surface area contributed by atoms with Gasteiger partial charge in [0, 0.05) is 10.0 Å². The van der Waals surface area contributed by atoms with Crippen molar-refractivity contribution in [3.05, 3.63) is 28.2 Å². The van der Waals surface area contributed by atoms with Crippen LogP contribution in [0.15, 0.2) is 23.1 Å². The van der Waals surface area contributed by atoms with Crippen molar-refractivity contribution in [1.82, 2.24) is 0 Å². The van der Waals surface area contributed by atoms with Gasteiger partial charge in [0.05, 0.1) is 0 Å². The number of benzene rings is 1. The van der Waals surface area contributed by atoms with Gasteiger partial charge in [-0.3, -0.25) is 0 Å². The van der Waals surface area contributed by atoms with E-state index in [9.17, 15) is 0 Å². The smallest absolute Gasteiger partial charge is 0.778 e. The van der Waals surface area contributed by atoms with Crippen LogP contribution in [-0.4, -0.2) is 0 Å². The molecule has 48 valence electrons. The third-order valence-corrected chi connectivity index (χ3v) is 1.91. The summed E-state index contributed by atoms with van der Waals surface area (Å²) in [6, 6.07) is 5.06. The van der Waals surface area contributed by atoms with Crippen LogP contribution < -0.4 is 51.4 Å². The van der Waals surface area contributed by atoms with Gasteiger partial charge in [0.1, 0.15) is 0 Å². The molecule has 10 heavy (non-hydrogen) atoms. The van der Waals surface area contributed by atoms with E-state index in [1.807, 2.05) is 0 Å². The van der Waals surface area contributed by atoms with Crippen molar-refractivity contribution < 1.29 is 51.4 Å². The molecule has 0 heterocycles. The molecule has 0 spiro atoms. The topological polar surface area (TPSA) is 0 Å². The van der Waals surface area contributed by atoms with Gasteiger partial charge in [-0.2, -0.15) is 4.90 Å². The summed E-state index contributed by atoms with van der Waals surface area (Å²) in [5.74, 6) is 0. The minimum absolute atomic E-state index is 0. The number of halogens is 2. The third kappa shape index (κ3) is 3.37. The van der Waals surface area contributed by atoms with Gasteiger partial charge in [-0.15, -0.1) is 0 Å². The Morgan fingerprint density at radius 1 is 1.20 bits per heavy atom. The molecular weight excluding hydrogens is 214 g/mol. The Morgan fingerprint density at radius 3 is 2.20 bits per heavy atom. The first-order valence-corrected chi connectivity index (χ1v) is 3.48. The van der Waals surface area contributed by atoms with E-state index >= 15 is 0 Å². The summed E-state index contributed by atoms with van der Waals surface area (Å²) in [6.45, 7) is 0. The predicted octanol–water partition coefficient (Wildman–Crippen LogP) is -0.0968. The van der Waals surface area contributed by atoms with Gasteiger partial charge in [0.25, 0.3) is 0 Å². The second-order valence-electron chi connectivity index (χ2n) is 1.57. The molecule has 0 atom stereocenters. The van der Waals surface area contributed by atoms with E-state index in [1.165, 1.54) is 0 Å². The van der Waals surface area contributed by atoms with Crippen molar-refractivity contribution >= 4 is 35.8 Å². The molecule has 0 saturated heterocycles. The minimum atomic E-state index is 0. The van der Waals surface area contributed by atoms with Crippen LogP contribution in [0.25, 0.3) is 0 Å². The summed E-state index contributed by atoms with van der Waals surface area (Å²) in [4.78, 5) is 0.640. The van der Waals surface area contributed by atoms with Crippen molar-refractivity contribution in [2.75, 3.05) is 0 Å². The second kappa shape index (κ2) is 5.33. The van der Waals surface area contributed by atoms with Gasteiger partial charge in [-0.05, 0) is 12.1 Å². The Hall–Kier alpha value is 1.66. The van der Waals surface area contributed by atoms with E-state index in [2.05, 4.69) is 0 Å². The quantitative estimate of drug-likeness (QED) is 0.432. The van der Waals surface area contributed by atoms with Crippen LogP contribution in [0.1, 0.15) is 0 Å². The normalized spacial score (nSPS) is 8.60. The molecule has 0 aromatic heterocycles. The maximum absolute atomic E-state index is 5.63. The van der Waals surface area contributed by atoms with E-state index in [0.29, 0.717) is 14.9 Å². The molecule has 0 bridgehead atoms. The first-order valence-electron chi connectivity index (χ1n) is 2.32. The maximum Gasteiger partial charge on any atom is 1.00 e. The van der Waals surface area contributed by atoms with Crippen molar-refractivity contribution in [3.63, 3.8) is 0 Å². The molecule has 0 N–H and O–H groups in total. The minimum Gasteiger partial charge on any atom is -0.778 e. The summed E-state index contributed by atoms with van der Waals surface area (Å²) >= 11 is 16.0. The molecular formula is C6H3Cl2KS. The fourth-order valence-corrected chi connectivity index (χ4v) is 1.01. The molecule has 0 aliphatic rings. The number of rotatable bonds is 0. The van der Waals surface area contributed by atoms with Crippen LogP contribution in [0.2, 0.25) is 10.0 Å². The maximum atomic E-state index is 5.63. The van der Waals surface area contributed by atoms with Crippen LogP contribution in [0.3, 0.4) is 0 Å². The molecule has 1 aromatic rings. The van der Waals surface area contributed by atoms with Crippen LogP contribution >= 0.6 is 23.2 Å². The van der Waals surface area contributed by atoms with Crippen molar-refractivity contribution in [1.29, 1.82) is 0 Å². The molecule has 1 aromatic carbocycles. The summed E-state index contributed by atoms with van der Waals surface area (Å²) in [6.07, 6.45) is 0. The fraction of sp³-hybridized carbons (Fsp3) is 0. The average molecular weight is 217 g/mol. The molecule has 0 fully saturated rings. The summed E-state index contributed by atoms with van der Waals surface area (Å²) < 4.78 is 0. The molecule has 0 aliphatic carbocycles. The summed E-state index contributed by atoms with van der Waals surface area (Å²) in [5, 5.41) is 1.16. The SMILES string of the molecule is [K+].[S-]c1ccc(Cl)cc1Cl. The molecule has 0 unspecified atom stereocenters. The largest absolute Gasteiger partial charge is 1.00 e. The zero-order valence-electron chi connectivity index (χ0n) is 5.40. The molecule has 4 heteroatoms. The number of hydrogen-bond donors (Lipinski definition) is 0. The Morgan fingerprint density at radius 2 is 1.80 bits per heavy atom. The predicted molar refractivity (Wildman–Crippen MR) is 42.1 cm³/mol. The van der Waals surface area contributed by atoms with Crippen LogP contribution in [0.4, 0.5) is 0 Å². The van der Waals surface area contributed by atoms with Gasteiger partial charge < -0.3 is 12.6 Å². The number of hydrogen-bond acceptors (Lipinski definition) is 1. The van der Waals surface area contributed by atoms with E-state index in [1.54, 1.807) is 18.2 Å². The Labute approximate surface area is 118 Å². The van der Waals surface area contributed by atoms with E-state index in [4.69, 9.17) is 35.8 Å². The molecule has 0 nitrogen and oxygen atoms in total. The van der Waals surface area contributed by atoms with E-state index in [0.717, 1.165) is 0 Å². The van der Waals surface area contributed by atoms with Crippen molar-refractivity contribution in [2.45, 2.75) is 4.90 Å². The van der Waals surface area contributed by atoms with Crippen LogP contribution in [0.5, 0.6) is 0 Å². The molecule has 0 amide bonds. The van der Waals surface area contributed by atoms with Crippen molar-refractivity contribution in [2.24, 2.45) is 0 Å². The zero-order chi connectivity index (χ0) is 6.85. The fourth-order valence-electron chi connectivity index (χ4n) is 0.475. The van der Waals surface area contributed by atoms with Gasteiger partial charge in [-0.1, -0.05) is 29.3 Å².